The van der Waals surface area contributed by atoms with Crippen LogP contribution in [0.1, 0.15) is 18.1 Å². The minimum Gasteiger partial charge on any atom is -0.494 e. The van der Waals surface area contributed by atoms with Crippen LogP contribution in [0.3, 0.4) is 0 Å². The van der Waals surface area contributed by atoms with E-state index in [0.717, 1.165) is 28.3 Å². The van der Waals surface area contributed by atoms with E-state index >= 15 is 0 Å². The first-order chi connectivity index (χ1) is 10.7. The highest BCUT2D eigenvalue weighted by molar-refractivity contribution is 7.99. The van der Waals surface area contributed by atoms with Gasteiger partial charge in [0.2, 0.25) is 5.91 Å². The SMILES string of the molecule is CCOc1ccccc1CSCC(=O)Nc1ccccc1C. The zero-order chi connectivity index (χ0) is 15.8. The first-order valence-corrected chi connectivity index (χ1v) is 8.50. The Hall–Kier alpha value is -1.94. The molecule has 0 heterocycles. The van der Waals surface area contributed by atoms with Crippen LogP contribution in [0.5, 0.6) is 5.75 Å². The van der Waals surface area contributed by atoms with Gasteiger partial charge >= 0.3 is 0 Å². The number of carbonyl (C=O) groups excluding carboxylic acids is 1. The lowest BCUT2D eigenvalue weighted by molar-refractivity contribution is -0.113. The molecule has 0 saturated heterocycles. The van der Waals surface area contributed by atoms with Crippen LogP contribution in [0, 0.1) is 6.92 Å². The number of anilines is 1. The molecule has 0 aliphatic carbocycles. The van der Waals surface area contributed by atoms with Gasteiger partial charge in [0.15, 0.2) is 0 Å². The molecule has 116 valence electrons. The van der Waals surface area contributed by atoms with Gasteiger partial charge < -0.3 is 10.1 Å². The maximum Gasteiger partial charge on any atom is 0.234 e. The van der Waals surface area contributed by atoms with E-state index in [0.29, 0.717) is 12.4 Å². The number of aryl methyl sites for hydroxylation is 1. The molecular weight excluding hydrogens is 294 g/mol. The summed E-state index contributed by atoms with van der Waals surface area (Å²) < 4.78 is 5.59. The van der Waals surface area contributed by atoms with Crippen molar-refractivity contribution in [3.8, 4) is 5.75 Å². The summed E-state index contributed by atoms with van der Waals surface area (Å²) in [5.41, 5.74) is 3.07. The number of thioether (sulfide) groups is 1. The number of amides is 1. The molecule has 1 N–H and O–H groups in total. The predicted molar refractivity (Wildman–Crippen MR) is 93.6 cm³/mol. The van der Waals surface area contributed by atoms with E-state index in [1.54, 1.807) is 11.8 Å². The molecule has 0 fully saturated rings. The van der Waals surface area contributed by atoms with Crippen molar-refractivity contribution < 1.29 is 9.53 Å². The fourth-order valence-corrected chi connectivity index (χ4v) is 2.89. The highest BCUT2D eigenvalue weighted by Gasteiger charge is 2.07. The van der Waals surface area contributed by atoms with Crippen LogP contribution in [0.15, 0.2) is 48.5 Å². The predicted octanol–water partition coefficient (Wildman–Crippen LogP) is 4.27. The Kier molecular flexibility index (Phi) is 6.34. The summed E-state index contributed by atoms with van der Waals surface area (Å²) >= 11 is 1.59. The Morgan fingerprint density at radius 3 is 2.64 bits per heavy atom. The highest BCUT2D eigenvalue weighted by Crippen LogP contribution is 2.23. The summed E-state index contributed by atoms with van der Waals surface area (Å²) in [4.78, 5) is 12.0. The van der Waals surface area contributed by atoms with Crippen molar-refractivity contribution in [2.45, 2.75) is 19.6 Å². The normalized spacial score (nSPS) is 10.3. The summed E-state index contributed by atoms with van der Waals surface area (Å²) in [6.07, 6.45) is 0. The Morgan fingerprint density at radius 2 is 1.86 bits per heavy atom. The van der Waals surface area contributed by atoms with Gasteiger partial charge in [-0.2, -0.15) is 0 Å². The van der Waals surface area contributed by atoms with Crippen LogP contribution in [0.25, 0.3) is 0 Å². The van der Waals surface area contributed by atoms with Crippen molar-refractivity contribution in [3.05, 3.63) is 59.7 Å². The molecule has 0 atom stereocenters. The van der Waals surface area contributed by atoms with E-state index < -0.39 is 0 Å². The van der Waals surface area contributed by atoms with E-state index in [-0.39, 0.29) is 5.91 Å². The standard InChI is InChI=1S/C18H21NO2S/c1-3-21-17-11-7-5-9-15(17)12-22-13-18(20)19-16-10-6-4-8-14(16)2/h4-11H,3,12-13H2,1-2H3,(H,19,20). The van der Waals surface area contributed by atoms with Crippen LogP contribution in [0.2, 0.25) is 0 Å². The summed E-state index contributed by atoms with van der Waals surface area (Å²) in [5.74, 6) is 2.11. The minimum absolute atomic E-state index is 0.0215. The third-order valence-corrected chi connectivity index (χ3v) is 4.16. The van der Waals surface area contributed by atoms with Gasteiger partial charge in [0.1, 0.15) is 5.75 Å². The second-order valence-corrected chi connectivity index (χ2v) is 5.88. The van der Waals surface area contributed by atoms with Crippen LogP contribution in [0.4, 0.5) is 5.69 Å². The number of carbonyl (C=O) groups is 1. The van der Waals surface area contributed by atoms with Gasteiger partial charge in [0.05, 0.1) is 12.4 Å². The lowest BCUT2D eigenvalue weighted by atomic mass is 10.2. The lowest BCUT2D eigenvalue weighted by Gasteiger charge is -2.10. The smallest absolute Gasteiger partial charge is 0.234 e. The maximum absolute atomic E-state index is 12.0. The second kappa shape index (κ2) is 8.49. The molecular formula is C18H21NO2S. The summed E-state index contributed by atoms with van der Waals surface area (Å²) in [6.45, 7) is 4.61. The van der Waals surface area contributed by atoms with E-state index in [1.807, 2.05) is 62.4 Å². The second-order valence-electron chi connectivity index (χ2n) is 4.90. The fourth-order valence-electron chi connectivity index (χ4n) is 2.07. The monoisotopic (exact) mass is 315 g/mol. The first-order valence-electron chi connectivity index (χ1n) is 7.34. The molecule has 0 saturated carbocycles. The molecule has 0 unspecified atom stereocenters. The molecule has 0 bridgehead atoms. The van der Waals surface area contributed by atoms with E-state index in [1.165, 1.54) is 0 Å². The lowest BCUT2D eigenvalue weighted by Crippen LogP contribution is -2.14. The van der Waals surface area contributed by atoms with Crippen LogP contribution < -0.4 is 10.1 Å². The van der Waals surface area contributed by atoms with Crippen LogP contribution >= 0.6 is 11.8 Å². The molecule has 0 aromatic heterocycles. The van der Waals surface area contributed by atoms with Gasteiger partial charge in [0.25, 0.3) is 0 Å². The zero-order valence-electron chi connectivity index (χ0n) is 13.0. The number of benzene rings is 2. The molecule has 1 amide bonds. The molecule has 0 aliphatic heterocycles. The zero-order valence-corrected chi connectivity index (χ0v) is 13.8. The Morgan fingerprint density at radius 1 is 1.14 bits per heavy atom. The molecule has 3 nitrogen and oxygen atoms in total. The van der Waals surface area contributed by atoms with E-state index in [4.69, 9.17) is 4.74 Å². The molecule has 0 aliphatic rings. The maximum atomic E-state index is 12.0. The number of hydrogen-bond acceptors (Lipinski definition) is 3. The summed E-state index contributed by atoms with van der Waals surface area (Å²) in [5, 5.41) is 2.95. The average Bonchev–Trinajstić information content (AvgIpc) is 2.51. The van der Waals surface area contributed by atoms with Gasteiger partial charge in [-0.3, -0.25) is 4.79 Å². The Labute approximate surface area is 136 Å². The van der Waals surface area contributed by atoms with Crippen molar-refractivity contribution >= 4 is 23.4 Å². The van der Waals surface area contributed by atoms with Gasteiger partial charge in [-0.1, -0.05) is 36.4 Å². The van der Waals surface area contributed by atoms with Gasteiger partial charge in [-0.25, -0.2) is 0 Å². The number of ether oxygens (including phenoxy) is 1. The average molecular weight is 315 g/mol. The van der Waals surface area contributed by atoms with Gasteiger partial charge in [0, 0.05) is 17.0 Å². The van der Waals surface area contributed by atoms with Crippen molar-refractivity contribution in [2.24, 2.45) is 0 Å². The minimum atomic E-state index is 0.0215. The number of rotatable bonds is 7. The Bertz CT molecular complexity index is 628. The van der Waals surface area contributed by atoms with Gasteiger partial charge in [-0.15, -0.1) is 11.8 Å². The molecule has 2 aromatic carbocycles. The number of para-hydroxylation sites is 2. The fraction of sp³-hybridized carbons (Fsp3) is 0.278. The van der Waals surface area contributed by atoms with Crippen LogP contribution in [-0.4, -0.2) is 18.3 Å². The van der Waals surface area contributed by atoms with E-state index in [9.17, 15) is 4.79 Å². The molecule has 0 radical (unpaired) electrons. The third kappa shape index (κ3) is 4.81. The van der Waals surface area contributed by atoms with Crippen molar-refractivity contribution in [1.29, 1.82) is 0 Å². The Balaban J connectivity index is 1.84. The van der Waals surface area contributed by atoms with Gasteiger partial charge in [-0.05, 0) is 31.5 Å². The van der Waals surface area contributed by atoms with Crippen LogP contribution in [-0.2, 0) is 10.5 Å². The number of nitrogens with one attached hydrogen (secondary N) is 1. The van der Waals surface area contributed by atoms with Crippen molar-refractivity contribution in [2.75, 3.05) is 17.7 Å². The number of hydrogen-bond donors (Lipinski definition) is 1. The third-order valence-electron chi connectivity index (χ3n) is 3.18. The van der Waals surface area contributed by atoms with E-state index in [2.05, 4.69) is 5.32 Å². The van der Waals surface area contributed by atoms with Crippen molar-refractivity contribution in [1.82, 2.24) is 0 Å². The molecule has 2 rings (SSSR count). The molecule has 4 heteroatoms. The largest absolute Gasteiger partial charge is 0.494 e. The topological polar surface area (TPSA) is 38.3 Å². The molecule has 22 heavy (non-hydrogen) atoms. The summed E-state index contributed by atoms with van der Waals surface area (Å²) in [6, 6.07) is 15.8. The molecule has 0 spiro atoms. The quantitative estimate of drug-likeness (QED) is 0.829. The summed E-state index contributed by atoms with van der Waals surface area (Å²) in [7, 11) is 0. The van der Waals surface area contributed by atoms with Crippen molar-refractivity contribution in [3.63, 3.8) is 0 Å². The first kappa shape index (κ1) is 16.4. The highest BCUT2D eigenvalue weighted by atomic mass is 32.2. The molecule has 2 aromatic rings.